The molecule has 1 N–H and O–H groups in total. The summed E-state index contributed by atoms with van der Waals surface area (Å²) >= 11 is 0. The summed E-state index contributed by atoms with van der Waals surface area (Å²) in [7, 11) is 0. The highest BCUT2D eigenvalue weighted by molar-refractivity contribution is 6.49. The van der Waals surface area contributed by atoms with Crippen molar-refractivity contribution >= 4 is 23.0 Å². The summed E-state index contributed by atoms with van der Waals surface area (Å²) in [4.78, 5) is 17.0. The van der Waals surface area contributed by atoms with Gasteiger partial charge >= 0.3 is 0 Å². The number of halogens is 2. The predicted octanol–water partition coefficient (Wildman–Crippen LogP) is 4.99. The van der Waals surface area contributed by atoms with Gasteiger partial charge in [-0.3, -0.25) is 4.79 Å². The first-order chi connectivity index (χ1) is 12.1. The number of nitrogens with zero attached hydrogens (tertiary/aromatic N) is 1. The topological polar surface area (TPSA) is 41.5 Å². The fraction of sp³-hybridized carbons (Fsp3) is 0. The number of hydrogen-bond acceptors (Lipinski definition) is 2. The fourth-order valence-corrected chi connectivity index (χ4v) is 2.18. The highest BCUT2D eigenvalue weighted by Crippen LogP contribution is 2.16. The van der Waals surface area contributed by atoms with Gasteiger partial charge in [0.05, 0.1) is 5.69 Å². The van der Waals surface area contributed by atoms with E-state index in [1.807, 2.05) is 0 Å². The lowest BCUT2D eigenvalue weighted by molar-refractivity contribution is 0.106. The van der Waals surface area contributed by atoms with E-state index in [2.05, 4.69) is 10.3 Å². The number of benzene rings is 3. The van der Waals surface area contributed by atoms with Crippen molar-refractivity contribution in [3.05, 3.63) is 96.1 Å². The summed E-state index contributed by atoms with van der Waals surface area (Å²) in [6.07, 6.45) is 0. The Morgan fingerprint density at radius 3 is 1.92 bits per heavy atom. The molecule has 0 unspecified atom stereocenters. The number of nitrogens with one attached hydrogen (secondary N) is 1. The Morgan fingerprint density at radius 1 is 0.760 bits per heavy atom. The van der Waals surface area contributed by atoms with Crippen LogP contribution < -0.4 is 5.32 Å². The molecular formula is C20H14F2N2O. The zero-order chi connectivity index (χ0) is 17.6. The van der Waals surface area contributed by atoms with Gasteiger partial charge in [-0.1, -0.05) is 30.3 Å². The van der Waals surface area contributed by atoms with Crippen LogP contribution in [0.2, 0.25) is 0 Å². The fourth-order valence-electron chi connectivity index (χ4n) is 2.18. The molecule has 3 aromatic carbocycles. The Labute approximate surface area is 143 Å². The minimum Gasteiger partial charge on any atom is -0.337 e. The number of carbonyl (C=O) groups is 1. The summed E-state index contributed by atoms with van der Waals surface area (Å²) < 4.78 is 26.1. The first-order valence-corrected chi connectivity index (χ1v) is 7.58. The normalized spacial score (nSPS) is 11.2. The van der Waals surface area contributed by atoms with Crippen molar-refractivity contribution in [1.82, 2.24) is 0 Å². The van der Waals surface area contributed by atoms with E-state index in [4.69, 9.17) is 0 Å². The summed E-state index contributed by atoms with van der Waals surface area (Å²) in [5, 5.41) is 2.91. The zero-order valence-corrected chi connectivity index (χ0v) is 13.1. The molecule has 0 aliphatic rings. The quantitative estimate of drug-likeness (QED) is 0.414. The Bertz CT molecular complexity index is 889. The predicted molar refractivity (Wildman–Crippen MR) is 94.3 cm³/mol. The molecule has 0 saturated heterocycles. The first kappa shape index (κ1) is 16.5. The van der Waals surface area contributed by atoms with Crippen molar-refractivity contribution in [2.45, 2.75) is 0 Å². The Balaban J connectivity index is 1.96. The molecule has 0 atom stereocenters. The van der Waals surface area contributed by atoms with Gasteiger partial charge in [0, 0.05) is 11.3 Å². The molecular weight excluding hydrogens is 322 g/mol. The van der Waals surface area contributed by atoms with Crippen LogP contribution in [0.5, 0.6) is 0 Å². The van der Waals surface area contributed by atoms with Crippen LogP contribution in [0.4, 0.5) is 20.2 Å². The van der Waals surface area contributed by atoms with E-state index < -0.39 is 0 Å². The third-order valence-electron chi connectivity index (χ3n) is 3.43. The molecule has 0 radical (unpaired) electrons. The van der Waals surface area contributed by atoms with Crippen LogP contribution in [0.15, 0.2) is 83.9 Å². The maximum absolute atomic E-state index is 13.1. The molecule has 0 amide bonds. The summed E-state index contributed by atoms with van der Waals surface area (Å²) in [5.74, 6) is -1.03. The minimum absolute atomic E-state index is 0.0596. The van der Waals surface area contributed by atoms with Gasteiger partial charge in [-0.2, -0.15) is 0 Å². The highest BCUT2D eigenvalue weighted by atomic mass is 19.1. The maximum atomic E-state index is 13.1. The van der Waals surface area contributed by atoms with E-state index in [0.717, 1.165) is 0 Å². The van der Waals surface area contributed by atoms with Crippen molar-refractivity contribution in [2.75, 3.05) is 5.32 Å². The highest BCUT2D eigenvalue weighted by Gasteiger charge is 2.14. The second-order valence-electron chi connectivity index (χ2n) is 5.26. The van der Waals surface area contributed by atoms with Gasteiger partial charge in [0.2, 0.25) is 5.78 Å². The van der Waals surface area contributed by atoms with Crippen molar-refractivity contribution in [3.8, 4) is 0 Å². The number of aliphatic imine (C=N–C) groups is 1. The van der Waals surface area contributed by atoms with Crippen molar-refractivity contribution in [3.63, 3.8) is 0 Å². The summed E-state index contributed by atoms with van der Waals surface area (Å²) in [6, 6.07) is 19.7. The van der Waals surface area contributed by atoms with Crippen LogP contribution in [0, 0.1) is 11.6 Å². The van der Waals surface area contributed by atoms with Crippen LogP contribution >= 0.6 is 0 Å². The van der Waals surface area contributed by atoms with E-state index in [-0.39, 0.29) is 23.3 Å². The van der Waals surface area contributed by atoms with Gasteiger partial charge in [0.25, 0.3) is 0 Å². The number of Topliss-reactive ketones (excluding diaryl/α,β-unsaturated/α-hetero) is 1. The largest absolute Gasteiger partial charge is 0.337 e. The summed E-state index contributed by atoms with van der Waals surface area (Å²) in [5.41, 5.74) is 1.40. The molecule has 25 heavy (non-hydrogen) atoms. The lowest BCUT2D eigenvalue weighted by Gasteiger charge is -2.10. The van der Waals surface area contributed by atoms with Crippen LogP contribution in [-0.4, -0.2) is 11.6 Å². The third kappa shape index (κ3) is 4.35. The molecule has 124 valence electrons. The molecule has 0 aromatic heterocycles. The van der Waals surface area contributed by atoms with E-state index in [1.165, 1.54) is 48.5 Å². The third-order valence-corrected chi connectivity index (χ3v) is 3.43. The van der Waals surface area contributed by atoms with Crippen molar-refractivity contribution in [1.29, 1.82) is 0 Å². The number of hydrogen-bond donors (Lipinski definition) is 1. The van der Waals surface area contributed by atoms with Crippen molar-refractivity contribution in [2.24, 2.45) is 4.99 Å². The van der Waals surface area contributed by atoms with Crippen molar-refractivity contribution < 1.29 is 13.6 Å². The van der Waals surface area contributed by atoms with Crippen LogP contribution in [0.25, 0.3) is 0 Å². The smallest absolute Gasteiger partial charge is 0.228 e. The van der Waals surface area contributed by atoms with E-state index in [0.29, 0.717) is 16.9 Å². The SMILES string of the molecule is O=C(C(=Nc1ccc(F)cc1)Nc1ccc(F)cc1)c1ccccc1. The van der Waals surface area contributed by atoms with E-state index in [1.54, 1.807) is 30.3 Å². The number of ketones is 1. The summed E-state index contributed by atoms with van der Waals surface area (Å²) in [6.45, 7) is 0. The van der Waals surface area contributed by atoms with E-state index in [9.17, 15) is 13.6 Å². The molecule has 3 aromatic rings. The molecule has 5 heteroatoms. The molecule has 3 rings (SSSR count). The maximum Gasteiger partial charge on any atom is 0.228 e. The molecule has 0 fully saturated rings. The van der Waals surface area contributed by atoms with Gasteiger partial charge in [-0.05, 0) is 48.5 Å². The molecule has 0 saturated carbocycles. The second-order valence-corrected chi connectivity index (χ2v) is 5.26. The first-order valence-electron chi connectivity index (χ1n) is 7.58. The van der Waals surface area contributed by atoms with Gasteiger partial charge in [-0.15, -0.1) is 0 Å². The van der Waals surface area contributed by atoms with Gasteiger partial charge < -0.3 is 5.32 Å². The monoisotopic (exact) mass is 336 g/mol. The molecule has 3 nitrogen and oxygen atoms in total. The van der Waals surface area contributed by atoms with Gasteiger partial charge in [-0.25, -0.2) is 13.8 Å². The van der Waals surface area contributed by atoms with Crippen LogP contribution in [0.3, 0.4) is 0 Å². The van der Waals surface area contributed by atoms with Crippen LogP contribution in [0.1, 0.15) is 10.4 Å². The minimum atomic E-state index is -0.388. The average Bonchev–Trinajstić information content (AvgIpc) is 2.65. The molecule has 0 bridgehead atoms. The lowest BCUT2D eigenvalue weighted by Crippen LogP contribution is -2.23. The number of carbonyl (C=O) groups excluding carboxylic acids is 1. The van der Waals surface area contributed by atoms with Gasteiger partial charge in [0.1, 0.15) is 11.6 Å². The number of anilines is 1. The van der Waals surface area contributed by atoms with Crippen LogP contribution in [-0.2, 0) is 0 Å². The molecule has 0 aliphatic carbocycles. The average molecular weight is 336 g/mol. The lowest BCUT2D eigenvalue weighted by atomic mass is 10.1. The van der Waals surface area contributed by atoms with Gasteiger partial charge in [0.15, 0.2) is 5.84 Å². The second kappa shape index (κ2) is 7.49. The number of rotatable bonds is 4. The van der Waals surface area contributed by atoms with E-state index >= 15 is 0 Å². The molecule has 0 spiro atoms. The zero-order valence-electron chi connectivity index (χ0n) is 13.1. The Kier molecular flexibility index (Phi) is 4.95. The Hall–Kier alpha value is -3.34. The molecule has 0 aliphatic heterocycles. The number of amidine groups is 1. The standard InChI is InChI=1S/C20H14F2N2O/c21-15-6-10-17(11-7-15)23-20(19(25)14-4-2-1-3-5-14)24-18-12-8-16(22)9-13-18/h1-13H,(H,23,24). The molecule has 0 heterocycles. The Morgan fingerprint density at radius 2 is 1.32 bits per heavy atom.